The SMILES string of the molecule is CC(C)(C)Nc1ccc(Nc2ccc(Nc3ccc(Nc4ccc5c(c4)C5(C)C)cc3)cc2)cc1. The summed E-state index contributed by atoms with van der Waals surface area (Å²) in [4.78, 5) is 0. The normalized spacial score (nSPS) is 13.5. The second-order valence-electron chi connectivity index (χ2n) is 10.9. The molecule has 0 heterocycles. The highest BCUT2D eigenvalue weighted by Crippen LogP contribution is 2.50. The molecule has 4 aromatic rings. The van der Waals surface area contributed by atoms with E-state index in [1.54, 1.807) is 0 Å². The quantitative estimate of drug-likeness (QED) is 0.222. The molecule has 0 aliphatic heterocycles. The van der Waals surface area contributed by atoms with Gasteiger partial charge in [-0.05, 0) is 117 Å². The molecule has 35 heavy (non-hydrogen) atoms. The fourth-order valence-electron chi connectivity index (χ4n) is 4.38. The molecule has 0 aromatic heterocycles. The highest BCUT2D eigenvalue weighted by atomic mass is 15.0. The maximum atomic E-state index is 3.51. The predicted molar refractivity (Wildman–Crippen MR) is 151 cm³/mol. The third-order valence-corrected chi connectivity index (χ3v) is 6.34. The van der Waals surface area contributed by atoms with Gasteiger partial charge in [-0.25, -0.2) is 0 Å². The zero-order chi connectivity index (χ0) is 24.6. The van der Waals surface area contributed by atoms with Crippen molar-refractivity contribution in [3.63, 3.8) is 0 Å². The van der Waals surface area contributed by atoms with E-state index in [1.807, 2.05) is 0 Å². The molecule has 4 nitrogen and oxygen atoms in total. The molecule has 1 aliphatic rings. The lowest BCUT2D eigenvalue weighted by molar-refractivity contribution is 0.634. The van der Waals surface area contributed by atoms with Crippen LogP contribution in [-0.4, -0.2) is 5.54 Å². The van der Waals surface area contributed by atoms with Gasteiger partial charge in [0.2, 0.25) is 0 Å². The highest BCUT2D eigenvalue weighted by Gasteiger charge is 2.41. The summed E-state index contributed by atoms with van der Waals surface area (Å²) in [6.07, 6.45) is 0. The Morgan fingerprint density at radius 3 is 1.17 bits per heavy atom. The maximum absolute atomic E-state index is 3.51. The molecule has 178 valence electrons. The molecule has 0 fully saturated rings. The average Bonchev–Trinajstić information content (AvgIpc) is 3.36. The topological polar surface area (TPSA) is 48.1 Å². The molecule has 0 atom stereocenters. The lowest BCUT2D eigenvalue weighted by Crippen LogP contribution is -2.25. The number of hydrogen-bond acceptors (Lipinski definition) is 4. The van der Waals surface area contributed by atoms with E-state index in [4.69, 9.17) is 0 Å². The van der Waals surface area contributed by atoms with Gasteiger partial charge >= 0.3 is 0 Å². The van der Waals surface area contributed by atoms with Crippen LogP contribution < -0.4 is 21.3 Å². The van der Waals surface area contributed by atoms with Crippen LogP contribution in [0.25, 0.3) is 0 Å². The maximum Gasteiger partial charge on any atom is 0.0387 e. The molecule has 0 amide bonds. The van der Waals surface area contributed by atoms with E-state index in [9.17, 15) is 0 Å². The van der Waals surface area contributed by atoms with Gasteiger partial charge in [-0.1, -0.05) is 19.9 Å². The van der Waals surface area contributed by atoms with Crippen molar-refractivity contribution in [2.24, 2.45) is 0 Å². The smallest absolute Gasteiger partial charge is 0.0387 e. The number of hydrogen-bond donors (Lipinski definition) is 4. The largest absolute Gasteiger partial charge is 0.380 e. The van der Waals surface area contributed by atoms with Crippen LogP contribution >= 0.6 is 0 Å². The zero-order valence-corrected chi connectivity index (χ0v) is 21.2. The summed E-state index contributed by atoms with van der Waals surface area (Å²) in [7, 11) is 0. The Hall–Kier alpha value is -3.92. The van der Waals surface area contributed by atoms with Crippen LogP contribution in [0.3, 0.4) is 0 Å². The molecule has 4 heteroatoms. The molecule has 4 aromatic carbocycles. The van der Waals surface area contributed by atoms with Gasteiger partial charge < -0.3 is 21.3 Å². The molecule has 0 radical (unpaired) electrons. The predicted octanol–water partition coefficient (Wildman–Crippen LogP) is 8.77. The van der Waals surface area contributed by atoms with Crippen molar-refractivity contribution in [2.75, 3.05) is 21.3 Å². The van der Waals surface area contributed by atoms with E-state index in [0.717, 1.165) is 39.8 Å². The average molecular weight is 463 g/mol. The van der Waals surface area contributed by atoms with Gasteiger partial charge in [-0.3, -0.25) is 0 Å². The van der Waals surface area contributed by atoms with Gasteiger partial charge in [0.25, 0.3) is 0 Å². The molecule has 1 aliphatic carbocycles. The summed E-state index contributed by atoms with van der Waals surface area (Å²) in [6.45, 7) is 11.0. The first-order chi connectivity index (χ1) is 16.7. The van der Waals surface area contributed by atoms with Crippen molar-refractivity contribution in [1.29, 1.82) is 0 Å². The molecule has 0 bridgehead atoms. The van der Waals surface area contributed by atoms with Gasteiger partial charge in [-0.15, -0.1) is 0 Å². The first-order valence-corrected chi connectivity index (χ1v) is 12.2. The number of anilines is 7. The Kier molecular flexibility index (Phi) is 5.68. The van der Waals surface area contributed by atoms with Crippen LogP contribution in [0.1, 0.15) is 45.7 Å². The van der Waals surface area contributed by atoms with Crippen LogP contribution in [0.5, 0.6) is 0 Å². The van der Waals surface area contributed by atoms with Crippen molar-refractivity contribution in [3.05, 3.63) is 102 Å². The van der Waals surface area contributed by atoms with Crippen LogP contribution in [0, 0.1) is 0 Å². The Labute approximate surface area is 208 Å². The summed E-state index contributed by atoms with van der Waals surface area (Å²) in [5.74, 6) is 0. The van der Waals surface area contributed by atoms with Gasteiger partial charge in [0, 0.05) is 50.8 Å². The number of rotatable bonds is 7. The molecule has 0 saturated carbocycles. The molecule has 5 rings (SSSR count). The molecular weight excluding hydrogens is 428 g/mol. The van der Waals surface area contributed by atoms with E-state index in [1.165, 1.54) is 11.1 Å². The Morgan fingerprint density at radius 1 is 0.457 bits per heavy atom. The number of benzene rings is 4. The minimum atomic E-state index is 0.0506. The second-order valence-corrected chi connectivity index (χ2v) is 10.9. The van der Waals surface area contributed by atoms with E-state index >= 15 is 0 Å². The Bertz CT molecular complexity index is 1310. The van der Waals surface area contributed by atoms with Gasteiger partial charge in [-0.2, -0.15) is 0 Å². The monoisotopic (exact) mass is 462 g/mol. The van der Waals surface area contributed by atoms with Crippen molar-refractivity contribution in [3.8, 4) is 0 Å². The third-order valence-electron chi connectivity index (χ3n) is 6.34. The Morgan fingerprint density at radius 2 is 0.800 bits per heavy atom. The molecule has 0 unspecified atom stereocenters. The van der Waals surface area contributed by atoms with E-state index in [2.05, 4.69) is 147 Å². The minimum absolute atomic E-state index is 0.0506. The summed E-state index contributed by atoms with van der Waals surface area (Å²) in [6, 6.07) is 31.8. The zero-order valence-electron chi connectivity index (χ0n) is 21.2. The van der Waals surface area contributed by atoms with E-state index < -0.39 is 0 Å². The number of fused-ring (bicyclic) bond motifs is 1. The van der Waals surface area contributed by atoms with Gasteiger partial charge in [0.1, 0.15) is 0 Å². The second kappa shape index (κ2) is 8.70. The van der Waals surface area contributed by atoms with Crippen molar-refractivity contribution >= 4 is 39.8 Å². The van der Waals surface area contributed by atoms with Crippen molar-refractivity contribution in [2.45, 2.75) is 45.6 Å². The Balaban J connectivity index is 1.16. The molecule has 0 saturated heterocycles. The van der Waals surface area contributed by atoms with Crippen molar-refractivity contribution < 1.29 is 0 Å². The fourth-order valence-corrected chi connectivity index (χ4v) is 4.38. The van der Waals surface area contributed by atoms with Crippen LogP contribution in [0.15, 0.2) is 91.0 Å². The van der Waals surface area contributed by atoms with Crippen LogP contribution in [0.4, 0.5) is 39.8 Å². The van der Waals surface area contributed by atoms with E-state index in [0.29, 0.717) is 0 Å². The first kappa shape index (κ1) is 22.9. The van der Waals surface area contributed by atoms with Crippen LogP contribution in [0.2, 0.25) is 0 Å². The minimum Gasteiger partial charge on any atom is -0.380 e. The standard InChI is InChI=1S/C31H34N4/c1-30(2,3)35-26-16-14-24(15-17-26)33-22-8-6-21(7-9-22)32-23-10-12-25(13-11-23)34-27-18-19-28-29(20-27)31(28,4)5/h6-20,32-35H,1-5H3. The molecular formula is C31H34N4. The highest BCUT2D eigenvalue weighted by molar-refractivity contribution is 5.71. The molecule has 0 spiro atoms. The first-order valence-electron chi connectivity index (χ1n) is 12.2. The summed E-state index contributed by atoms with van der Waals surface area (Å²) in [5.41, 5.74) is 10.7. The summed E-state index contributed by atoms with van der Waals surface area (Å²) in [5, 5.41) is 13.9. The van der Waals surface area contributed by atoms with Gasteiger partial charge in [0.15, 0.2) is 0 Å². The van der Waals surface area contributed by atoms with Crippen LogP contribution in [-0.2, 0) is 5.41 Å². The lowest BCUT2D eigenvalue weighted by Gasteiger charge is -2.22. The lowest BCUT2D eigenvalue weighted by atomic mass is 10.1. The number of nitrogens with one attached hydrogen (secondary N) is 4. The fraction of sp³-hybridized carbons (Fsp3) is 0.226. The van der Waals surface area contributed by atoms with E-state index in [-0.39, 0.29) is 11.0 Å². The van der Waals surface area contributed by atoms with Crippen molar-refractivity contribution in [1.82, 2.24) is 0 Å². The van der Waals surface area contributed by atoms with Gasteiger partial charge in [0.05, 0.1) is 0 Å². The summed E-state index contributed by atoms with van der Waals surface area (Å²) < 4.78 is 0. The molecule has 4 N–H and O–H groups in total. The third kappa shape index (κ3) is 5.43. The summed E-state index contributed by atoms with van der Waals surface area (Å²) >= 11 is 0.